The van der Waals surface area contributed by atoms with Gasteiger partial charge in [-0.25, -0.2) is 4.98 Å². The van der Waals surface area contributed by atoms with Crippen LogP contribution in [0.3, 0.4) is 0 Å². The maximum Gasteiger partial charge on any atom is 0.242 e. The van der Waals surface area contributed by atoms with Gasteiger partial charge in [0.2, 0.25) is 5.91 Å². The van der Waals surface area contributed by atoms with E-state index in [0.717, 1.165) is 22.0 Å². The van der Waals surface area contributed by atoms with Crippen molar-refractivity contribution < 1.29 is 14.6 Å². The Kier molecular flexibility index (Phi) is 6.57. The van der Waals surface area contributed by atoms with Crippen LogP contribution in [0.5, 0.6) is 5.75 Å². The number of nitrogens with zero attached hydrogens (tertiary/aromatic N) is 5. The van der Waals surface area contributed by atoms with Crippen LogP contribution >= 0.6 is 0 Å². The molecule has 8 heteroatoms. The molecule has 1 aliphatic rings. The summed E-state index contributed by atoms with van der Waals surface area (Å²) in [7, 11) is 0. The molecule has 1 N–H and O–H groups in total. The van der Waals surface area contributed by atoms with Crippen molar-refractivity contribution >= 4 is 22.6 Å². The van der Waals surface area contributed by atoms with E-state index in [9.17, 15) is 9.90 Å². The Hall–Kier alpha value is -4.32. The van der Waals surface area contributed by atoms with Crippen LogP contribution in [0.1, 0.15) is 25.0 Å². The summed E-state index contributed by atoms with van der Waals surface area (Å²) in [5.74, 6) is 1.22. The number of aliphatic hydroxyl groups is 1. The highest BCUT2D eigenvalue weighted by molar-refractivity contribution is 5.97. The number of hydrogen-bond donors (Lipinski definition) is 1. The molecule has 8 nitrogen and oxygen atoms in total. The summed E-state index contributed by atoms with van der Waals surface area (Å²) in [5, 5.41) is 20.1. The Morgan fingerprint density at radius 2 is 1.86 bits per heavy atom. The number of pyridine rings is 2. The fourth-order valence-electron chi connectivity index (χ4n) is 4.38. The molecule has 186 valence electrons. The zero-order valence-electron chi connectivity index (χ0n) is 20.8. The van der Waals surface area contributed by atoms with Crippen molar-refractivity contribution in [2.24, 2.45) is 0 Å². The first-order valence-corrected chi connectivity index (χ1v) is 12.1. The van der Waals surface area contributed by atoms with Crippen LogP contribution in [-0.2, 0) is 10.4 Å². The lowest BCUT2D eigenvalue weighted by atomic mass is 10.0. The number of rotatable bonds is 6. The standard InChI is InChI=1S/C29H27N5O3/c1-29(2,36)22-10-11-26(32-17-22)34-15-14-33(18-27(34)35)19-37-25-12-13-31-28-23(4-3-5-24(25)28)21-8-6-20(16-30)7-9-21/h3-13,17,36H,14-15,18-19H2,1-2H3. The average Bonchev–Trinajstić information content (AvgIpc) is 2.91. The van der Waals surface area contributed by atoms with Crippen LogP contribution in [-0.4, -0.2) is 52.2 Å². The van der Waals surface area contributed by atoms with Gasteiger partial charge in [0, 0.05) is 42.0 Å². The van der Waals surface area contributed by atoms with Crippen LogP contribution < -0.4 is 9.64 Å². The topological polar surface area (TPSA) is 103 Å². The van der Waals surface area contributed by atoms with Crippen molar-refractivity contribution in [1.29, 1.82) is 5.26 Å². The molecule has 0 spiro atoms. The summed E-state index contributed by atoms with van der Waals surface area (Å²) in [6.45, 7) is 5.03. The van der Waals surface area contributed by atoms with Gasteiger partial charge in [0.05, 0.1) is 29.3 Å². The van der Waals surface area contributed by atoms with E-state index in [1.165, 1.54) is 0 Å². The lowest BCUT2D eigenvalue weighted by Crippen LogP contribution is -2.51. The number of piperazine rings is 1. The summed E-state index contributed by atoms with van der Waals surface area (Å²) in [6.07, 6.45) is 3.33. The largest absolute Gasteiger partial charge is 0.477 e. The van der Waals surface area contributed by atoms with Crippen LogP contribution in [0.15, 0.2) is 73.1 Å². The number of benzene rings is 2. The zero-order chi connectivity index (χ0) is 26.0. The maximum absolute atomic E-state index is 12.9. The smallest absolute Gasteiger partial charge is 0.242 e. The molecule has 37 heavy (non-hydrogen) atoms. The maximum atomic E-state index is 12.9. The molecule has 1 saturated heterocycles. The minimum Gasteiger partial charge on any atom is -0.477 e. The van der Waals surface area contributed by atoms with Crippen LogP contribution in [0.4, 0.5) is 5.82 Å². The second-order valence-electron chi connectivity index (χ2n) is 9.54. The first-order chi connectivity index (χ1) is 17.8. The number of fused-ring (bicyclic) bond motifs is 1. The Labute approximate surface area is 215 Å². The minimum absolute atomic E-state index is 0.0546. The molecular formula is C29H27N5O3. The van der Waals surface area contributed by atoms with E-state index in [1.807, 2.05) is 41.3 Å². The second kappa shape index (κ2) is 9.97. The van der Waals surface area contributed by atoms with Gasteiger partial charge < -0.3 is 9.84 Å². The molecule has 3 heterocycles. The quantitative estimate of drug-likeness (QED) is 0.432. The van der Waals surface area contributed by atoms with E-state index in [-0.39, 0.29) is 19.2 Å². The number of anilines is 1. The van der Waals surface area contributed by atoms with E-state index < -0.39 is 5.60 Å². The van der Waals surface area contributed by atoms with E-state index in [1.54, 1.807) is 55.4 Å². The number of hydrogen-bond acceptors (Lipinski definition) is 7. The Balaban J connectivity index is 1.27. The van der Waals surface area contributed by atoms with Gasteiger partial charge in [-0.2, -0.15) is 5.26 Å². The summed E-state index contributed by atoms with van der Waals surface area (Å²) in [6, 6.07) is 20.9. The summed E-state index contributed by atoms with van der Waals surface area (Å²) >= 11 is 0. The second-order valence-corrected chi connectivity index (χ2v) is 9.54. The third kappa shape index (κ3) is 5.14. The molecule has 0 bridgehead atoms. The first kappa shape index (κ1) is 24.4. The Morgan fingerprint density at radius 1 is 1.05 bits per heavy atom. The summed E-state index contributed by atoms with van der Waals surface area (Å²) in [4.78, 5) is 25.5. The van der Waals surface area contributed by atoms with Gasteiger partial charge in [-0.05, 0) is 49.7 Å². The Morgan fingerprint density at radius 3 is 2.54 bits per heavy atom. The van der Waals surface area contributed by atoms with Gasteiger partial charge in [0.15, 0.2) is 0 Å². The van der Waals surface area contributed by atoms with Crippen LogP contribution in [0.25, 0.3) is 22.0 Å². The van der Waals surface area contributed by atoms with E-state index in [2.05, 4.69) is 16.0 Å². The molecule has 1 aliphatic heterocycles. The lowest BCUT2D eigenvalue weighted by molar-refractivity contribution is -0.122. The number of para-hydroxylation sites is 1. The fourth-order valence-corrected chi connectivity index (χ4v) is 4.38. The molecule has 5 rings (SSSR count). The van der Waals surface area contributed by atoms with E-state index in [0.29, 0.717) is 35.8 Å². The number of ether oxygens (including phenoxy) is 1. The van der Waals surface area contributed by atoms with E-state index >= 15 is 0 Å². The van der Waals surface area contributed by atoms with Crippen LogP contribution in [0, 0.1) is 11.3 Å². The third-order valence-electron chi connectivity index (χ3n) is 6.49. The first-order valence-electron chi connectivity index (χ1n) is 12.1. The number of carbonyl (C=O) groups is 1. The molecule has 2 aromatic heterocycles. The van der Waals surface area contributed by atoms with Crippen molar-refractivity contribution in [2.75, 3.05) is 31.3 Å². The van der Waals surface area contributed by atoms with Crippen LogP contribution in [0.2, 0.25) is 0 Å². The molecule has 1 fully saturated rings. The number of amides is 1. The monoisotopic (exact) mass is 493 g/mol. The third-order valence-corrected chi connectivity index (χ3v) is 6.49. The highest BCUT2D eigenvalue weighted by atomic mass is 16.5. The SMILES string of the molecule is CC(C)(O)c1ccc(N2CCN(COc3ccnc4c(-c5ccc(C#N)cc5)cccc34)CC2=O)nc1. The summed E-state index contributed by atoms with van der Waals surface area (Å²) in [5.41, 5.74) is 3.07. The number of aromatic nitrogens is 2. The molecule has 0 atom stereocenters. The molecule has 2 aromatic carbocycles. The average molecular weight is 494 g/mol. The highest BCUT2D eigenvalue weighted by Gasteiger charge is 2.27. The van der Waals surface area contributed by atoms with Crippen molar-refractivity contribution in [3.8, 4) is 22.9 Å². The van der Waals surface area contributed by atoms with Gasteiger partial charge in [0.1, 0.15) is 18.3 Å². The molecule has 0 unspecified atom stereocenters. The fraction of sp³-hybridized carbons (Fsp3) is 0.241. The Bertz CT molecular complexity index is 1470. The van der Waals surface area contributed by atoms with Gasteiger partial charge in [-0.15, -0.1) is 0 Å². The molecule has 1 amide bonds. The van der Waals surface area contributed by atoms with Crippen molar-refractivity contribution in [2.45, 2.75) is 19.4 Å². The van der Waals surface area contributed by atoms with Gasteiger partial charge >= 0.3 is 0 Å². The summed E-state index contributed by atoms with van der Waals surface area (Å²) < 4.78 is 6.16. The highest BCUT2D eigenvalue weighted by Crippen LogP contribution is 2.32. The molecule has 0 saturated carbocycles. The normalized spacial score (nSPS) is 14.5. The predicted octanol–water partition coefficient (Wildman–Crippen LogP) is 4.08. The van der Waals surface area contributed by atoms with Gasteiger partial charge in [-0.3, -0.25) is 19.6 Å². The molecule has 0 aliphatic carbocycles. The number of carbonyl (C=O) groups excluding carboxylic acids is 1. The van der Waals surface area contributed by atoms with Gasteiger partial charge in [-0.1, -0.05) is 30.3 Å². The van der Waals surface area contributed by atoms with Crippen molar-refractivity contribution in [3.63, 3.8) is 0 Å². The zero-order valence-corrected chi connectivity index (χ0v) is 20.8. The van der Waals surface area contributed by atoms with Crippen molar-refractivity contribution in [3.05, 3.63) is 84.2 Å². The van der Waals surface area contributed by atoms with E-state index in [4.69, 9.17) is 10.00 Å². The molecular weight excluding hydrogens is 466 g/mol. The van der Waals surface area contributed by atoms with Crippen molar-refractivity contribution in [1.82, 2.24) is 14.9 Å². The minimum atomic E-state index is -0.981. The predicted molar refractivity (Wildman–Crippen MR) is 141 cm³/mol. The number of nitriles is 1. The molecule has 4 aromatic rings. The lowest BCUT2D eigenvalue weighted by Gasteiger charge is -2.33. The molecule has 0 radical (unpaired) electrons. The van der Waals surface area contributed by atoms with Gasteiger partial charge in [0.25, 0.3) is 0 Å².